The van der Waals surface area contributed by atoms with Crippen molar-refractivity contribution in [3.63, 3.8) is 0 Å². The Hall–Kier alpha value is -2.68. The lowest BCUT2D eigenvalue weighted by Crippen LogP contribution is -2.36. The summed E-state index contributed by atoms with van der Waals surface area (Å²) in [6, 6.07) is 9.06. The molecule has 0 spiro atoms. The van der Waals surface area contributed by atoms with E-state index in [0.717, 1.165) is 0 Å². The number of hydrogen-bond donors (Lipinski definition) is 2. The number of nitrogens with two attached hydrogens (primary N) is 1. The zero-order valence-electron chi connectivity index (χ0n) is 16.9. The van der Waals surface area contributed by atoms with E-state index in [1.54, 1.807) is 37.3 Å². The Kier molecular flexibility index (Phi) is 7.84. The number of allylic oxidation sites excluding steroid dienone is 3. The van der Waals surface area contributed by atoms with Crippen molar-refractivity contribution in [3.05, 3.63) is 76.7 Å². The Labute approximate surface area is 188 Å². The predicted octanol–water partition coefficient (Wildman–Crippen LogP) is 4.05. The number of benzene rings is 2. The van der Waals surface area contributed by atoms with Crippen LogP contribution in [0.2, 0.25) is 5.02 Å². The number of hydrogen-bond acceptors (Lipinski definition) is 5. The Morgan fingerprint density at radius 3 is 2.65 bits per heavy atom. The van der Waals surface area contributed by atoms with Crippen molar-refractivity contribution < 1.29 is 18.1 Å². The number of halogens is 2. The van der Waals surface area contributed by atoms with Crippen LogP contribution in [0.1, 0.15) is 17.3 Å². The molecule has 0 saturated carbocycles. The van der Waals surface area contributed by atoms with Crippen molar-refractivity contribution in [2.45, 2.75) is 11.8 Å². The highest BCUT2D eigenvalue weighted by Gasteiger charge is 2.19. The first kappa shape index (κ1) is 23.0. The van der Waals surface area contributed by atoms with Gasteiger partial charge in [-0.05, 0) is 55.6 Å². The number of ketones is 1. The third kappa shape index (κ3) is 5.52. The summed E-state index contributed by atoms with van der Waals surface area (Å²) in [4.78, 5) is 15.0. The number of rotatable bonds is 7. The van der Waals surface area contributed by atoms with Crippen LogP contribution < -0.4 is 15.4 Å². The molecular weight excluding hydrogens is 441 g/mol. The van der Waals surface area contributed by atoms with Crippen molar-refractivity contribution >= 4 is 39.7 Å². The number of nitrogens with zero attached hydrogens (tertiary/aromatic N) is 1. The average molecular weight is 464 g/mol. The second kappa shape index (κ2) is 10.6. The summed E-state index contributed by atoms with van der Waals surface area (Å²) in [7, 11) is -1.80. The van der Waals surface area contributed by atoms with Crippen molar-refractivity contribution in [3.8, 4) is 0 Å². The Bertz CT molecular complexity index is 1050. The van der Waals surface area contributed by atoms with Gasteiger partial charge >= 0.3 is 0 Å². The molecule has 1 saturated heterocycles. The van der Waals surface area contributed by atoms with E-state index in [1.807, 2.05) is 4.90 Å². The number of anilines is 2. The van der Waals surface area contributed by atoms with E-state index in [9.17, 15) is 13.4 Å². The van der Waals surface area contributed by atoms with Gasteiger partial charge in [-0.25, -0.2) is 8.60 Å². The number of Topliss-reactive ketones (excluding diaryl/α,β-unsaturated/α-hetero) is 1. The molecule has 2 aromatic rings. The molecule has 3 rings (SSSR count). The second-order valence-corrected chi connectivity index (χ2v) is 8.36. The second-order valence-electron chi connectivity index (χ2n) is 6.71. The molecule has 9 heteroatoms. The topological polar surface area (TPSA) is 84.7 Å². The van der Waals surface area contributed by atoms with Crippen molar-refractivity contribution in [1.29, 1.82) is 0 Å². The molecular formula is C22H23ClFN3O3S. The van der Waals surface area contributed by atoms with Gasteiger partial charge in [0.05, 0.1) is 29.5 Å². The molecule has 1 aliphatic heterocycles. The summed E-state index contributed by atoms with van der Waals surface area (Å²) in [6.45, 7) is 3.98. The Morgan fingerprint density at radius 2 is 2.00 bits per heavy atom. The minimum Gasteiger partial charge on any atom is -0.405 e. The fraction of sp³-hybridized carbons (Fsp3) is 0.227. The molecule has 3 N–H and O–H groups in total. The molecule has 0 aliphatic carbocycles. The van der Waals surface area contributed by atoms with Crippen LogP contribution in [0.15, 0.2) is 65.2 Å². The standard InChI is InChI=1S/C22H23ClFN3O3S/c1-2-15(7-8-25)22(28)18-13-16(23)3-5-20(18)26-31(29)17-4-6-21(19(24)14-17)27-9-11-30-12-10-27/h2-8,13-14,26H,9-12,25H2,1H3/b8-7-,15-2+. The maximum absolute atomic E-state index is 14.7. The lowest BCUT2D eigenvalue weighted by Gasteiger charge is -2.29. The molecule has 164 valence electrons. The first-order valence-electron chi connectivity index (χ1n) is 9.64. The van der Waals surface area contributed by atoms with E-state index < -0.39 is 16.8 Å². The van der Waals surface area contributed by atoms with Crippen molar-refractivity contribution in [1.82, 2.24) is 0 Å². The van der Waals surface area contributed by atoms with Gasteiger partial charge in [-0.3, -0.25) is 4.79 Å². The van der Waals surface area contributed by atoms with Crippen LogP contribution in [0.5, 0.6) is 0 Å². The predicted molar refractivity (Wildman–Crippen MR) is 122 cm³/mol. The Morgan fingerprint density at radius 1 is 1.26 bits per heavy atom. The molecule has 0 radical (unpaired) electrons. The van der Waals surface area contributed by atoms with Gasteiger partial charge in [0.15, 0.2) is 5.78 Å². The summed E-state index contributed by atoms with van der Waals surface area (Å²) < 4.78 is 35.7. The first-order valence-corrected chi connectivity index (χ1v) is 11.2. The van der Waals surface area contributed by atoms with Crippen LogP contribution in [0, 0.1) is 5.82 Å². The molecule has 1 fully saturated rings. The lowest BCUT2D eigenvalue weighted by molar-refractivity contribution is 0.103. The Balaban J connectivity index is 1.85. The van der Waals surface area contributed by atoms with Crippen LogP contribution >= 0.6 is 11.6 Å². The molecule has 1 unspecified atom stereocenters. The van der Waals surface area contributed by atoms with Crippen LogP contribution in [0.3, 0.4) is 0 Å². The quantitative estimate of drug-likeness (QED) is 0.367. The monoisotopic (exact) mass is 463 g/mol. The van der Waals surface area contributed by atoms with Crippen LogP contribution in [0.4, 0.5) is 15.8 Å². The zero-order chi connectivity index (χ0) is 22.4. The summed E-state index contributed by atoms with van der Waals surface area (Å²) >= 11 is 6.07. The fourth-order valence-electron chi connectivity index (χ4n) is 3.18. The number of morpholine rings is 1. The maximum atomic E-state index is 14.7. The summed E-state index contributed by atoms with van der Waals surface area (Å²) in [6.07, 6.45) is 4.36. The van der Waals surface area contributed by atoms with Crippen LogP contribution in [0.25, 0.3) is 0 Å². The maximum Gasteiger partial charge on any atom is 0.194 e. The normalized spacial score (nSPS) is 15.8. The number of carbonyl (C=O) groups excluding carboxylic acids is 1. The van der Waals surface area contributed by atoms with Gasteiger partial charge in [0.2, 0.25) is 0 Å². The largest absolute Gasteiger partial charge is 0.405 e. The van der Waals surface area contributed by atoms with Gasteiger partial charge in [0.25, 0.3) is 0 Å². The molecule has 0 amide bonds. The van der Waals surface area contributed by atoms with E-state index in [-0.39, 0.29) is 16.2 Å². The van der Waals surface area contributed by atoms with Crippen molar-refractivity contribution in [2.75, 3.05) is 35.9 Å². The van der Waals surface area contributed by atoms with Gasteiger partial charge in [-0.15, -0.1) is 0 Å². The average Bonchev–Trinajstić information content (AvgIpc) is 2.78. The van der Waals surface area contributed by atoms with Crippen LogP contribution in [-0.4, -0.2) is 36.3 Å². The smallest absolute Gasteiger partial charge is 0.194 e. The molecule has 1 heterocycles. The molecule has 6 nitrogen and oxygen atoms in total. The van der Waals surface area contributed by atoms with E-state index in [2.05, 4.69) is 4.72 Å². The van der Waals surface area contributed by atoms with E-state index in [0.29, 0.717) is 48.3 Å². The van der Waals surface area contributed by atoms with Gasteiger partial charge in [-0.2, -0.15) is 0 Å². The number of nitrogens with one attached hydrogen (secondary N) is 1. The molecule has 31 heavy (non-hydrogen) atoms. The number of ether oxygens (including phenoxy) is 1. The van der Waals surface area contributed by atoms with E-state index in [4.69, 9.17) is 22.1 Å². The fourth-order valence-corrected chi connectivity index (χ4v) is 4.25. The number of carbonyl (C=O) groups is 1. The molecule has 0 aromatic heterocycles. The highest BCUT2D eigenvalue weighted by molar-refractivity contribution is 7.86. The van der Waals surface area contributed by atoms with Crippen molar-refractivity contribution in [2.24, 2.45) is 5.73 Å². The molecule has 0 bridgehead atoms. The lowest BCUT2D eigenvalue weighted by atomic mass is 10.0. The SMILES string of the molecule is C/C=C(\C=C/N)C(=O)c1cc(Cl)ccc1NS(=O)c1ccc(N2CCOCC2)c(F)c1. The minimum atomic E-state index is -1.80. The first-order chi connectivity index (χ1) is 14.9. The van der Waals surface area contributed by atoms with E-state index in [1.165, 1.54) is 24.4 Å². The van der Waals surface area contributed by atoms with Gasteiger partial charge in [0, 0.05) is 29.2 Å². The van der Waals surface area contributed by atoms with Gasteiger partial charge in [0.1, 0.15) is 16.8 Å². The minimum absolute atomic E-state index is 0.234. The third-order valence-corrected chi connectivity index (χ3v) is 6.09. The highest BCUT2D eigenvalue weighted by Crippen LogP contribution is 2.27. The van der Waals surface area contributed by atoms with Gasteiger partial charge in [-0.1, -0.05) is 17.7 Å². The zero-order valence-corrected chi connectivity index (χ0v) is 18.5. The van der Waals surface area contributed by atoms with E-state index >= 15 is 0 Å². The summed E-state index contributed by atoms with van der Waals surface area (Å²) in [5, 5.41) is 0.354. The highest BCUT2D eigenvalue weighted by atomic mass is 35.5. The molecule has 1 atom stereocenters. The summed E-state index contributed by atoms with van der Waals surface area (Å²) in [5.41, 5.74) is 6.77. The molecule has 1 aliphatic rings. The molecule has 2 aromatic carbocycles. The van der Waals surface area contributed by atoms with Crippen LogP contribution in [-0.2, 0) is 15.7 Å². The van der Waals surface area contributed by atoms with Gasteiger partial charge < -0.3 is 20.1 Å². The summed E-state index contributed by atoms with van der Waals surface area (Å²) in [5.74, 6) is -0.800. The third-order valence-electron chi connectivity index (χ3n) is 4.76.